The third-order valence-electron chi connectivity index (χ3n) is 4.06. The minimum absolute atomic E-state index is 0.0311. The van der Waals surface area contributed by atoms with Crippen molar-refractivity contribution in [1.82, 2.24) is 9.88 Å². The van der Waals surface area contributed by atoms with Crippen molar-refractivity contribution in [2.24, 2.45) is 0 Å². The number of β-lactam (4-membered cyclic amide) rings is 1. The number of ether oxygens (including phenoxy) is 2. The Hall–Kier alpha value is -1.73. The summed E-state index contributed by atoms with van der Waals surface area (Å²) in [5.74, 6) is -2.84. The number of anilines is 1. The number of carbonyl (C=O) groups excluding carboxylic acids is 3. The molecule has 0 aliphatic carbocycles. The van der Waals surface area contributed by atoms with E-state index in [1.54, 1.807) is 0 Å². The summed E-state index contributed by atoms with van der Waals surface area (Å²) in [5, 5.41) is 13.6. The monoisotopic (exact) mass is 529 g/mol. The number of esters is 2. The minimum atomic E-state index is -1.75. The summed E-state index contributed by atoms with van der Waals surface area (Å²) in [6.07, 6.45) is 0. The smallest absolute Gasteiger partial charge is 0.358 e. The van der Waals surface area contributed by atoms with Crippen molar-refractivity contribution in [3.63, 3.8) is 0 Å². The topological polar surface area (TPSA) is 135 Å². The van der Waals surface area contributed by atoms with Crippen LogP contribution in [0.4, 0.5) is 5.13 Å². The van der Waals surface area contributed by atoms with Gasteiger partial charge in [-0.15, -0.1) is 23.1 Å². The van der Waals surface area contributed by atoms with Crippen LogP contribution in [0.3, 0.4) is 0 Å². The summed E-state index contributed by atoms with van der Waals surface area (Å²) < 4.78 is 7.98. The fraction of sp³-hybridized carbons (Fsp3) is 0.438. The lowest BCUT2D eigenvalue weighted by Crippen LogP contribution is -2.67. The van der Waals surface area contributed by atoms with Crippen LogP contribution in [0, 0.1) is 0 Å². The Morgan fingerprint density at radius 1 is 1.35 bits per heavy atom. The van der Waals surface area contributed by atoms with Gasteiger partial charge >= 0.3 is 17.9 Å². The van der Waals surface area contributed by atoms with Crippen molar-refractivity contribution in [2.75, 3.05) is 24.3 Å². The molecule has 0 saturated carbocycles. The van der Waals surface area contributed by atoms with E-state index in [0.29, 0.717) is 5.57 Å². The summed E-state index contributed by atoms with van der Waals surface area (Å²) in [7, 11) is 0. The van der Waals surface area contributed by atoms with Crippen molar-refractivity contribution in [3.05, 3.63) is 22.3 Å². The summed E-state index contributed by atoms with van der Waals surface area (Å²) in [6, 6.07) is -0.745. The number of aromatic nitrogens is 1. The maximum Gasteiger partial charge on any atom is 0.358 e. The number of aliphatic carboxylic acids is 1. The quantitative estimate of drug-likeness (QED) is 0.307. The molecule has 2 atom stereocenters. The van der Waals surface area contributed by atoms with E-state index in [9.17, 15) is 24.3 Å². The van der Waals surface area contributed by atoms with Gasteiger partial charge in [0.05, 0.1) is 0 Å². The molecule has 2 N–H and O–H groups in total. The molecule has 1 unspecified atom stereocenters. The number of nitrogens with zero attached hydrogens (tertiary/aromatic N) is 2. The first-order valence-electron chi connectivity index (χ1n) is 8.47. The molecule has 1 fully saturated rings. The van der Waals surface area contributed by atoms with Gasteiger partial charge < -0.3 is 19.9 Å². The molecule has 3 rings (SSSR count). The molecule has 0 spiro atoms. The Labute approximate surface area is 198 Å². The molecular weight excluding hydrogens is 517 g/mol. The molecule has 0 aromatic carbocycles. The Morgan fingerprint density at radius 3 is 2.68 bits per heavy atom. The molecule has 2 aliphatic heterocycles. The van der Waals surface area contributed by atoms with E-state index in [1.807, 2.05) is 0 Å². The fourth-order valence-corrected chi connectivity index (χ4v) is 4.98. The number of amides is 1. The first-order valence-corrected chi connectivity index (χ1v) is 11.5. The van der Waals surface area contributed by atoms with E-state index >= 15 is 0 Å². The molecule has 10 nitrogen and oxygen atoms in total. The molecule has 1 amide bonds. The lowest BCUT2D eigenvalue weighted by atomic mass is 10.0. The number of carboxylic acid groups (broad SMARTS) is 1. The number of hydrogen-bond acceptors (Lipinski definition) is 10. The van der Waals surface area contributed by atoms with Crippen LogP contribution in [-0.4, -0.2) is 73.0 Å². The molecule has 1 aromatic heterocycles. The fourth-order valence-electron chi connectivity index (χ4n) is 2.77. The van der Waals surface area contributed by atoms with Crippen LogP contribution in [0.2, 0.25) is 0 Å². The van der Waals surface area contributed by atoms with Crippen molar-refractivity contribution < 1.29 is 33.8 Å². The predicted octanol–water partition coefficient (Wildman–Crippen LogP) is 2.27. The van der Waals surface area contributed by atoms with Crippen LogP contribution in [0.15, 0.2) is 16.7 Å². The van der Waals surface area contributed by atoms with Crippen LogP contribution in [0.25, 0.3) is 0 Å². The van der Waals surface area contributed by atoms with Crippen molar-refractivity contribution in [3.8, 4) is 0 Å². The number of nitrogens with one attached hydrogen (secondary N) is 1. The average Bonchev–Trinajstić information content (AvgIpc) is 3.16. The first kappa shape index (κ1) is 23.9. The SMILES string of the molecule is CC(=O)OCC1=C(C(=O)O)N2C(=O)C(Nc3nc(C(=O)OCC(Cl)(Cl)Cl)cs3)[C@H]2SC1. The lowest BCUT2D eigenvalue weighted by molar-refractivity contribution is -0.147. The normalized spacial score (nSPS) is 20.6. The van der Waals surface area contributed by atoms with E-state index < -0.39 is 45.6 Å². The van der Waals surface area contributed by atoms with Crippen LogP contribution < -0.4 is 5.32 Å². The van der Waals surface area contributed by atoms with Crippen LogP contribution >= 0.6 is 57.9 Å². The van der Waals surface area contributed by atoms with Gasteiger partial charge in [-0.2, -0.15) is 0 Å². The highest BCUT2D eigenvalue weighted by atomic mass is 35.6. The highest BCUT2D eigenvalue weighted by Crippen LogP contribution is 2.41. The van der Waals surface area contributed by atoms with E-state index in [-0.39, 0.29) is 28.9 Å². The highest BCUT2D eigenvalue weighted by Gasteiger charge is 2.54. The molecule has 3 heterocycles. The molecule has 0 bridgehead atoms. The van der Waals surface area contributed by atoms with Gasteiger partial charge in [0.2, 0.25) is 3.79 Å². The van der Waals surface area contributed by atoms with E-state index in [2.05, 4.69) is 10.3 Å². The Morgan fingerprint density at radius 2 is 2.06 bits per heavy atom. The number of halogens is 3. The molecule has 1 saturated heterocycles. The molecule has 1 aromatic rings. The molecule has 168 valence electrons. The van der Waals surface area contributed by atoms with Gasteiger partial charge in [0.25, 0.3) is 5.91 Å². The van der Waals surface area contributed by atoms with Gasteiger partial charge in [0, 0.05) is 23.6 Å². The number of hydrogen-bond donors (Lipinski definition) is 2. The zero-order valence-electron chi connectivity index (χ0n) is 15.6. The van der Waals surface area contributed by atoms with Gasteiger partial charge in [0.1, 0.15) is 30.3 Å². The van der Waals surface area contributed by atoms with Crippen LogP contribution in [0.1, 0.15) is 17.4 Å². The summed E-state index contributed by atoms with van der Waals surface area (Å²) in [4.78, 5) is 52.6. The number of rotatable bonds is 7. The van der Waals surface area contributed by atoms with Gasteiger partial charge in [0.15, 0.2) is 10.8 Å². The first-order chi connectivity index (χ1) is 14.5. The third kappa shape index (κ3) is 5.55. The second kappa shape index (κ2) is 9.41. The maximum atomic E-state index is 12.6. The van der Waals surface area contributed by atoms with Gasteiger partial charge in [-0.1, -0.05) is 34.8 Å². The Kier molecular flexibility index (Phi) is 7.26. The van der Waals surface area contributed by atoms with Gasteiger partial charge in [-0.05, 0) is 0 Å². The number of carbonyl (C=O) groups is 4. The van der Waals surface area contributed by atoms with Crippen LogP contribution in [0.5, 0.6) is 0 Å². The standard InChI is InChI=1S/C16H14Cl3N3O7S2/c1-6(23)28-2-7-3-30-12-9(11(24)22(12)10(7)13(25)26)21-15-20-8(4-31-15)14(27)29-5-16(17,18)19/h4,9,12H,2-3,5H2,1H3,(H,20,21)(H,25,26)/t9?,12-/m1/s1. The number of thioether (sulfide) groups is 1. The summed E-state index contributed by atoms with van der Waals surface area (Å²) >= 11 is 19.0. The molecule has 0 radical (unpaired) electrons. The molecular formula is C16H14Cl3N3O7S2. The highest BCUT2D eigenvalue weighted by molar-refractivity contribution is 8.00. The summed E-state index contributed by atoms with van der Waals surface area (Å²) in [6.45, 7) is 0.556. The van der Waals surface area contributed by atoms with Crippen molar-refractivity contribution in [1.29, 1.82) is 0 Å². The maximum absolute atomic E-state index is 12.6. The van der Waals surface area contributed by atoms with Crippen molar-refractivity contribution in [2.45, 2.75) is 22.1 Å². The average molecular weight is 531 g/mol. The minimum Gasteiger partial charge on any atom is -0.477 e. The summed E-state index contributed by atoms with van der Waals surface area (Å²) in [5.41, 5.74) is 0.114. The number of alkyl halides is 3. The van der Waals surface area contributed by atoms with Crippen LogP contribution in [-0.2, 0) is 23.9 Å². The largest absolute Gasteiger partial charge is 0.477 e. The Balaban J connectivity index is 1.67. The number of carboxylic acids is 1. The zero-order valence-corrected chi connectivity index (χ0v) is 19.5. The Bertz CT molecular complexity index is 962. The second-order valence-electron chi connectivity index (χ2n) is 6.30. The van der Waals surface area contributed by atoms with E-state index in [4.69, 9.17) is 44.3 Å². The molecule has 2 aliphatic rings. The molecule has 15 heteroatoms. The molecule has 31 heavy (non-hydrogen) atoms. The van der Waals surface area contributed by atoms with E-state index in [0.717, 1.165) is 16.2 Å². The zero-order chi connectivity index (χ0) is 22.9. The number of fused-ring (bicyclic) bond motifs is 1. The lowest BCUT2D eigenvalue weighted by Gasteiger charge is -2.49. The number of thiazole rings is 1. The third-order valence-corrected chi connectivity index (χ3v) is 6.50. The second-order valence-corrected chi connectivity index (χ2v) is 10.8. The van der Waals surface area contributed by atoms with Gasteiger partial charge in [-0.25, -0.2) is 14.6 Å². The van der Waals surface area contributed by atoms with Crippen molar-refractivity contribution >= 4 is 86.8 Å². The van der Waals surface area contributed by atoms with Gasteiger partial charge in [-0.3, -0.25) is 14.5 Å². The predicted molar refractivity (Wildman–Crippen MR) is 114 cm³/mol. The van der Waals surface area contributed by atoms with E-state index in [1.165, 1.54) is 24.1 Å².